The predicted molar refractivity (Wildman–Crippen MR) is 83.7 cm³/mol. The minimum Gasteiger partial charge on any atom is -0.369 e. The molecule has 1 fully saturated rings. The summed E-state index contributed by atoms with van der Waals surface area (Å²) >= 11 is 0. The molecule has 2 heterocycles. The molecule has 4 nitrogen and oxygen atoms in total. The number of nitrogens with one attached hydrogen (secondary N) is 1. The largest absolute Gasteiger partial charge is 0.369 e. The van der Waals surface area contributed by atoms with Crippen molar-refractivity contribution in [1.82, 2.24) is 14.9 Å². The van der Waals surface area contributed by atoms with E-state index in [2.05, 4.69) is 47.9 Å². The third kappa shape index (κ3) is 4.17. The highest BCUT2D eigenvalue weighted by Gasteiger charge is 2.28. The first kappa shape index (κ1) is 15.2. The summed E-state index contributed by atoms with van der Waals surface area (Å²) in [5.74, 6) is 1.71. The maximum Gasteiger partial charge on any atom is 0.144 e. The summed E-state index contributed by atoms with van der Waals surface area (Å²) in [6.45, 7) is 13.3. The van der Waals surface area contributed by atoms with Crippen molar-refractivity contribution in [2.24, 2.45) is 11.3 Å². The Balaban J connectivity index is 1.83. The molecule has 20 heavy (non-hydrogen) atoms. The zero-order chi connectivity index (χ0) is 14.6. The van der Waals surface area contributed by atoms with Gasteiger partial charge in [-0.25, -0.2) is 4.98 Å². The molecule has 1 aliphatic heterocycles. The van der Waals surface area contributed by atoms with Crippen molar-refractivity contribution in [3.63, 3.8) is 0 Å². The average molecular weight is 276 g/mol. The molecule has 0 radical (unpaired) electrons. The van der Waals surface area contributed by atoms with E-state index in [-0.39, 0.29) is 0 Å². The van der Waals surface area contributed by atoms with Gasteiger partial charge in [0.2, 0.25) is 0 Å². The van der Waals surface area contributed by atoms with Crippen molar-refractivity contribution in [2.75, 3.05) is 25.0 Å². The Bertz CT molecular complexity index is 399. The fourth-order valence-corrected chi connectivity index (χ4v) is 2.90. The minimum absolute atomic E-state index is 0.444. The summed E-state index contributed by atoms with van der Waals surface area (Å²) in [5, 5.41) is 3.17. The Kier molecular flexibility index (Phi) is 4.97. The van der Waals surface area contributed by atoms with Gasteiger partial charge >= 0.3 is 0 Å². The van der Waals surface area contributed by atoms with Crippen LogP contribution in [-0.4, -0.2) is 34.5 Å². The second-order valence-electron chi connectivity index (χ2n) is 6.84. The lowest BCUT2D eigenvalue weighted by Gasteiger charge is -2.38. The van der Waals surface area contributed by atoms with E-state index in [1.54, 1.807) is 0 Å². The highest BCUT2D eigenvalue weighted by molar-refractivity contribution is 5.30. The zero-order valence-corrected chi connectivity index (χ0v) is 13.3. The van der Waals surface area contributed by atoms with Gasteiger partial charge in [-0.05, 0) is 44.2 Å². The van der Waals surface area contributed by atoms with Gasteiger partial charge in [-0.3, -0.25) is 9.88 Å². The SMILES string of the molecule is CCNc1cnc(CN2CCC(C(C)(C)C)CC2)cn1. The molecular formula is C16H28N4. The van der Waals surface area contributed by atoms with Gasteiger partial charge in [-0.15, -0.1) is 0 Å². The van der Waals surface area contributed by atoms with Crippen molar-refractivity contribution in [2.45, 2.75) is 47.1 Å². The van der Waals surface area contributed by atoms with Crippen molar-refractivity contribution in [3.05, 3.63) is 18.1 Å². The van der Waals surface area contributed by atoms with Gasteiger partial charge in [0.25, 0.3) is 0 Å². The molecule has 112 valence electrons. The van der Waals surface area contributed by atoms with Crippen LogP contribution in [0.25, 0.3) is 0 Å². The Labute approximate surface area is 123 Å². The number of aromatic nitrogens is 2. The highest BCUT2D eigenvalue weighted by atomic mass is 15.1. The fraction of sp³-hybridized carbons (Fsp3) is 0.750. The maximum atomic E-state index is 4.49. The number of hydrogen-bond acceptors (Lipinski definition) is 4. The van der Waals surface area contributed by atoms with Gasteiger partial charge in [0.15, 0.2) is 0 Å². The lowest BCUT2D eigenvalue weighted by Crippen LogP contribution is -2.37. The van der Waals surface area contributed by atoms with E-state index < -0.39 is 0 Å². The molecule has 0 spiro atoms. The van der Waals surface area contributed by atoms with Crippen LogP contribution in [0.5, 0.6) is 0 Å². The van der Waals surface area contributed by atoms with Crippen LogP contribution in [-0.2, 0) is 6.54 Å². The van der Waals surface area contributed by atoms with Gasteiger partial charge in [-0.2, -0.15) is 0 Å². The predicted octanol–water partition coefficient (Wildman–Crippen LogP) is 3.17. The van der Waals surface area contributed by atoms with Crippen LogP contribution in [0.1, 0.15) is 46.2 Å². The smallest absolute Gasteiger partial charge is 0.144 e. The normalized spacial score (nSPS) is 18.2. The summed E-state index contributed by atoms with van der Waals surface area (Å²) in [7, 11) is 0. The van der Waals surface area contributed by atoms with E-state index in [4.69, 9.17) is 0 Å². The van der Waals surface area contributed by atoms with Gasteiger partial charge in [0.1, 0.15) is 5.82 Å². The number of anilines is 1. The van der Waals surface area contributed by atoms with Crippen molar-refractivity contribution in [3.8, 4) is 0 Å². The molecule has 0 atom stereocenters. The first-order chi connectivity index (χ1) is 9.49. The summed E-state index contributed by atoms with van der Waals surface area (Å²) < 4.78 is 0. The third-order valence-corrected chi connectivity index (χ3v) is 4.26. The Morgan fingerprint density at radius 3 is 2.40 bits per heavy atom. The first-order valence-electron chi connectivity index (χ1n) is 7.76. The van der Waals surface area contributed by atoms with Crippen LogP contribution in [0.3, 0.4) is 0 Å². The van der Waals surface area contributed by atoms with Crippen LogP contribution in [0, 0.1) is 11.3 Å². The summed E-state index contributed by atoms with van der Waals surface area (Å²) in [5.41, 5.74) is 1.51. The number of hydrogen-bond donors (Lipinski definition) is 1. The van der Waals surface area contributed by atoms with Crippen LogP contribution in [0.2, 0.25) is 0 Å². The minimum atomic E-state index is 0.444. The zero-order valence-electron chi connectivity index (χ0n) is 13.3. The molecule has 0 unspecified atom stereocenters. The molecule has 0 amide bonds. The molecule has 0 bridgehead atoms. The lowest BCUT2D eigenvalue weighted by molar-refractivity contribution is 0.107. The molecule has 1 N–H and O–H groups in total. The van der Waals surface area contributed by atoms with Crippen molar-refractivity contribution < 1.29 is 0 Å². The molecule has 0 aromatic carbocycles. The van der Waals surface area contributed by atoms with Crippen LogP contribution < -0.4 is 5.32 Å². The fourth-order valence-electron chi connectivity index (χ4n) is 2.90. The molecular weight excluding hydrogens is 248 g/mol. The molecule has 0 saturated carbocycles. The Morgan fingerprint density at radius 2 is 1.90 bits per heavy atom. The molecule has 1 aromatic rings. The third-order valence-electron chi connectivity index (χ3n) is 4.26. The van der Waals surface area contributed by atoms with E-state index in [0.29, 0.717) is 5.41 Å². The Hall–Kier alpha value is -1.16. The number of rotatable bonds is 4. The second kappa shape index (κ2) is 6.53. The molecule has 1 aromatic heterocycles. The van der Waals surface area contributed by atoms with Crippen LogP contribution in [0.15, 0.2) is 12.4 Å². The van der Waals surface area contributed by atoms with E-state index in [9.17, 15) is 0 Å². The second-order valence-corrected chi connectivity index (χ2v) is 6.84. The maximum absolute atomic E-state index is 4.49. The molecule has 2 rings (SSSR count). The monoisotopic (exact) mass is 276 g/mol. The van der Waals surface area contributed by atoms with Gasteiger partial charge in [0.05, 0.1) is 18.1 Å². The first-order valence-corrected chi connectivity index (χ1v) is 7.76. The summed E-state index contributed by atoms with van der Waals surface area (Å²) in [6, 6.07) is 0. The van der Waals surface area contributed by atoms with E-state index in [1.807, 2.05) is 12.4 Å². The Morgan fingerprint density at radius 1 is 1.20 bits per heavy atom. The standard InChI is InChI=1S/C16H28N4/c1-5-17-15-11-18-14(10-19-15)12-20-8-6-13(7-9-20)16(2,3)4/h10-11,13H,5-9,12H2,1-4H3,(H,17,19). The highest BCUT2D eigenvalue weighted by Crippen LogP contribution is 2.34. The number of likely N-dealkylation sites (tertiary alicyclic amines) is 1. The molecule has 0 aliphatic carbocycles. The van der Waals surface area contributed by atoms with Gasteiger partial charge in [-0.1, -0.05) is 20.8 Å². The molecule has 1 aliphatic rings. The number of nitrogens with zero attached hydrogens (tertiary/aromatic N) is 3. The van der Waals surface area contributed by atoms with Crippen molar-refractivity contribution in [1.29, 1.82) is 0 Å². The van der Waals surface area contributed by atoms with Crippen LogP contribution in [0.4, 0.5) is 5.82 Å². The topological polar surface area (TPSA) is 41.1 Å². The quantitative estimate of drug-likeness (QED) is 0.917. The lowest BCUT2D eigenvalue weighted by atomic mass is 9.75. The molecule has 1 saturated heterocycles. The van der Waals surface area contributed by atoms with E-state index >= 15 is 0 Å². The van der Waals surface area contributed by atoms with Crippen molar-refractivity contribution >= 4 is 5.82 Å². The summed E-state index contributed by atoms with van der Waals surface area (Å²) in [4.78, 5) is 11.4. The van der Waals surface area contributed by atoms with E-state index in [1.165, 1.54) is 25.9 Å². The number of piperidine rings is 1. The molecule has 4 heteroatoms. The van der Waals surface area contributed by atoms with Crippen LogP contribution >= 0.6 is 0 Å². The average Bonchev–Trinajstić information content (AvgIpc) is 2.41. The summed E-state index contributed by atoms with van der Waals surface area (Å²) in [6.07, 6.45) is 6.33. The van der Waals surface area contributed by atoms with E-state index in [0.717, 1.165) is 30.5 Å². The van der Waals surface area contributed by atoms with Gasteiger partial charge < -0.3 is 5.32 Å². The van der Waals surface area contributed by atoms with Gasteiger partial charge in [0, 0.05) is 13.1 Å².